The summed E-state index contributed by atoms with van der Waals surface area (Å²) in [6, 6.07) is 14.9. The van der Waals surface area contributed by atoms with Crippen molar-refractivity contribution in [3.63, 3.8) is 0 Å². The molecule has 2 amide bonds. The van der Waals surface area contributed by atoms with Crippen LogP contribution in [0, 0.1) is 6.92 Å². The molecule has 2 aliphatic heterocycles. The summed E-state index contributed by atoms with van der Waals surface area (Å²) in [4.78, 5) is 14.2. The third-order valence-electron chi connectivity index (χ3n) is 4.26. The number of carbonyl (C=O) groups excluding carboxylic acids is 1. The van der Waals surface area contributed by atoms with Crippen molar-refractivity contribution in [3.05, 3.63) is 89.7 Å². The maximum atomic E-state index is 12.2. The Hall–Kier alpha value is -3.87. The minimum atomic E-state index is -0.285. The fourth-order valence-corrected chi connectivity index (χ4v) is 3.01. The lowest BCUT2D eigenvalue weighted by atomic mass is 10.2. The third kappa shape index (κ3) is 3.43. The quantitative estimate of drug-likeness (QED) is 0.580. The number of benzene rings is 2. The lowest BCUT2D eigenvalue weighted by Gasteiger charge is -2.24. The number of allylic oxidation sites excluding steroid dienone is 2. The number of anilines is 3. The van der Waals surface area contributed by atoms with Gasteiger partial charge in [0, 0.05) is 23.3 Å². The van der Waals surface area contributed by atoms with Crippen molar-refractivity contribution in [1.82, 2.24) is 10.9 Å². The van der Waals surface area contributed by atoms with Crippen LogP contribution in [0.5, 0.6) is 0 Å². The molecule has 0 unspecified atom stereocenters. The second kappa shape index (κ2) is 6.80. The van der Waals surface area contributed by atoms with Crippen molar-refractivity contribution < 1.29 is 4.79 Å². The van der Waals surface area contributed by atoms with Crippen LogP contribution in [0.15, 0.2) is 84.1 Å². The molecular formula is C20H20N6O. The molecule has 0 aliphatic carbocycles. The number of aryl methyl sites for hydroxylation is 1. The van der Waals surface area contributed by atoms with Crippen molar-refractivity contribution in [2.24, 2.45) is 5.73 Å². The van der Waals surface area contributed by atoms with Gasteiger partial charge in [0.2, 0.25) is 0 Å². The van der Waals surface area contributed by atoms with Gasteiger partial charge in [-0.25, -0.2) is 4.79 Å². The number of hydrogen-bond donors (Lipinski definition) is 5. The van der Waals surface area contributed by atoms with Gasteiger partial charge in [-0.3, -0.25) is 10.9 Å². The number of fused-ring (bicyclic) bond motifs is 1. The van der Waals surface area contributed by atoms with E-state index < -0.39 is 0 Å². The van der Waals surface area contributed by atoms with Crippen molar-refractivity contribution >= 4 is 23.1 Å². The summed E-state index contributed by atoms with van der Waals surface area (Å²) in [6.07, 6.45) is 5.82. The molecule has 2 aliphatic rings. The van der Waals surface area contributed by atoms with Gasteiger partial charge in [0.1, 0.15) is 11.5 Å². The number of nitrogens with zero attached hydrogens (tertiary/aromatic N) is 1. The molecule has 0 saturated carbocycles. The van der Waals surface area contributed by atoms with E-state index in [1.165, 1.54) is 0 Å². The molecule has 6 N–H and O–H groups in total. The van der Waals surface area contributed by atoms with E-state index in [4.69, 9.17) is 5.73 Å². The van der Waals surface area contributed by atoms with Crippen LogP contribution < -0.4 is 32.1 Å². The fourth-order valence-electron chi connectivity index (χ4n) is 3.01. The molecule has 4 rings (SSSR count). The first kappa shape index (κ1) is 16.6. The molecule has 7 heteroatoms. The molecule has 2 heterocycles. The van der Waals surface area contributed by atoms with Crippen molar-refractivity contribution in [1.29, 1.82) is 0 Å². The molecule has 0 saturated heterocycles. The van der Waals surface area contributed by atoms with Crippen molar-refractivity contribution in [2.75, 3.05) is 15.5 Å². The molecule has 0 atom stereocenters. The van der Waals surface area contributed by atoms with Gasteiger partial charge in [0.15, 0.2) is 0 Å². The summed E-state index contributed by atoms with van der Waals surface area (Å²) >= 11 is 0. The highest BCUT2D eigenvalue weighted by molar-refractivity contribution is 5.99. The van der Waals surface area contributed by atoms with E-state index in [-0.39, 0.29) is 6.03 Å². The molecule has 0 spiro atoms. The maximum absolute atomic E-state index is 12.2. The SMILES string of the molecule is Cc1cccc(NC(=O)Nc2ccc(N3C=CC=C4NNC(N)=C43)cc2)c1. The van der Waals surface area contributed by atoms with Crippen LogP contribution in [0.4, 0.5) is 21.9 Å². The van der Waals surface area contributed by atoms with Crippen molar-refractivity contribution in [3.8, 4) is 0 Å². The lowest BCUT2D eigenvalue weighted by molar-refractivity contribution is 0.262. The molecule has 136 valence electrons. The second-order valence-electron chi connectivity index (χ2n) is 6.30. The molecule has 2 aromatic carbocycles. The predicted octanol–water partition coefficient (Wildman–Crippen LogP) is 3.09. The summed E-state index contributed by atoms with van der Waals surface area (Å²) in [5, 5.41) is 5.66. The minimum absolute atomic E-state index is 0.285. The zero-order valence-corrected chi connectivity index (χ0v) is 14.8. The summed E-state index contributed by atoms with van der Waals surface area (Å²) in [5.41, 5.74) is 17.2. The number of nitrogens with one attached hydrogen (secondary N) is 4. The monoisotopic (exact) mass is 360 g/mol. The van der Waals surface area contributed by atoms with Gasteiger partial charge >= 0.3 is 6.03 Å². The highest BCUT2D eigenvalue weighted by atomic mass is 16.2. The van der Waals surface area contributed by atoms with Crippen LogP contribution in [0.3, 0.4) is 0 Å². The summed E-state index contributed by atoms with van der Waals surface area (Å²) < 4.78 is 0. The number of nitrogens with two attached hydrogens (primary N) is 1. The molecule has 27 heavy (non-hydrogen) atoms. The van der Waals surface area contributed by atoms with E-state index in [1.807, 2.05) is 78.7 Å². The Bertz CT molecular complexity index is 974. The van der Waals surface area contributed by atoms with Gasteiger partial charge < -0.3 is 21.3 Å². The Morgan fingerprint density at radius 2 is 1.81 bits per heavy atom. The van der Waals surface area contributed by atoms with Gasteiger partial charge in [-0.05, 0) is 61.0 Å². The predicted molar refractivity (Wildman–Crippen MR) is 107 cm³/mol. The van der Waals surface area contributed by atoms with Gasteiger partial charge in [-0.2, -0.15) is 0 Å². The standard InChI is InChI=1S/C20H20N6O/c1-13-4-2-5-15(12-13)23-20(27)22-14-7-9-16(10-8-14)26-11-3-6-17-18(26)19(21)25-24-17/h2-12,24-25H,21H2,1H3,(H2,22,23,27). The number of urea groups is 1. The van der Waals surface area contributed by atoms with Crippen LogP contribution in [0.2, 0.25) is 0 Å². The molecule has 2 aromatic rings. The van der Waals surface area contributed by atoms with Crippen LogP contribution >= 0.6 is 0 Å². The minimum Gasteiger partial charge on any atom is -0.382 e. The molecule has 0 fully saturated rings. The van der Waals surface area contributed by atoms with E-state index in [2.05, 4.69) is 21.5 Å². The average Bonchev–Trinajstić information content (AvgIpc) is 3.04. The molecule has 0 radical (unpaired) electrons. The second-order valence-corrected chi connectivity index (χ2v) is 6.30. The maximum Gasteiger partial charge on any atom is 0.323 e. The van der Waals surface area contributed by atoms with Crippen LogP contribution in [-0.4, -0.2) is 6.03 Å². The smallest absolute Gasteiger partial charge is 0.323 e. The largest absolute Gasteiger partial charge is 0.382 e. The number of rotatable bonds is 3. The molecular weight excluding hydrogens is 340 g/mol. The first-order valence-corrected chi connectivity index (χ1v) is 8.55. The van der Waals surface area contributed by atoms with E-state index in [1.54, 1.807) is 0 Å². The number of carbonyl (C=O) groups is 1. The Balaban J connectivity index is 1.45. The van der Waals surface area contributed by atoms with Crippen LogP contribution in [0.25, 0.3) is 0 Å². The number of amides is 2. The number of hydrogen-bond acceptors (Lipinski definition) is 5. The van der Waals surface area contributed by atoms with Crippen molar-refractivity contribution in [2.45, 2.75) is 6.92 Å². The Morgan fingerprint density at radius 3 is 2.59 bits per heavy atom. The topological polar surface area (TPSA) is 94.5 Å². The molecule has 0 aromatic heterocycles. The van der Waals surface area contributed by atoms with E-state index in [0.29, 0.717) is 11.5 Å². The van der Waals surface area contributed by atoms with E-state index in [9.17, 15) is 4.79 Å². The summed E-state index contributed by atoms with van der Waals surface area (Å²) in [5.74, 6) is 0.560. The van der Waals surface area contributed by atoms with Gasteiger partial charge in [0.25, 0.3) is 0 Å². The fraction of sp³-hybridized carbons (Fsp3) is 0.0500. The molecule has 0 bridgehead atoms. The van der Waals surface area contributed by atoms with Gasteiger partial charge in [-0.15, -0.1) is 0 Å². The highest BCUT2D eigenvalue weighted by Crippen LogP contribution is 2.29. The zero-order valence-electron chi connectivity index (χ0n) is 14.8. The van der Waals surface area contributed by atoms with E-state index >= 15 is 0 Å². The first-order chi connectivity index (χ1) is 13.1. The van der Waals surface area contributed by atoms with Crippen LogP contribution in [-0.2, 0) is 0 Å². The lowest BCUT2D eigenvalue weighted by Crippen LogP contribution is -2.26. The van der Waals surface area contributed by atoms with E-state index in [0.717, 1.165) is 28.3 Å². The third-order valence-corrected chi connectivity index (χ3v) is 4.26. The Labute approximate surface area is 157 Å². The summed E-state index contributed by atoms with van der Waals surface area (Å²) in [6.45, 7) is 1.98. The van der Waals surface area contributed by atoms with Gasteiger partial charge in [0.05, 0.1) is 5.70 Å². The highest BCUT2D eigenvalue weighted by Gasteiger charge is 2.24. The summed E-state index contributed by atoms with van der Waals surface area (Å²) in [7, 11) is 0. The average molecular weight is 360 g/mol. The normalized spacial score (nSPS) is 14.9. The first-order valence-electron chi connectivity index (χ1n) is 8.55. The van der Waals surface area contributed by atoms with Gasteiger partial charge in [-0.1, -0.05) is 12.1 Å². The van der Waals surface area contributed by atoms with Crippen LogP contribution in [0.1, 0.15) is 5.56 Å². The Morgan fingerprint density at radius 1 is 1.04 bits per heavy atom. The molecule has 7 nitrogen and oxygen atoms in total. The number of hydrazine groups is 1. The zero-order chi connectivity index (χ0) is 18.8. The Kier molecular flexibility index (Phi) is 4.18.